The number of nitrogens with zero attached hydrogens (tertiary/aromatic N) is 2. The number of hydrogen-bond donors (Lipinski definition) is 2. The first kappa shape index (κ1) is 18.1. The van der Waals surface area contributed by atoms with E-state index in [0.717, 1.165) is 5.69 Å². The zero-order valence-corrected chi connectivity index (χ0v) is 14.5. The van der Waals surface area contributed by atoms with E-state index in [-0.39, 0.29) is 23.7 Å². The molecule has 1 aromatic carbocycles. The fraction of sp³-hybridized carbons (Fsp3) is 0.444. The fourth-order valence-corrected chi connectivity index (χ4v) is 2.50. The molecule has 0 saturated carbocycles. The van der Waals surface area contributed by atoms with Crippen LogP contribution in [0.25, 0.3) is 0 Å². The van der Waals surface area contributed by atoms with Crippen molar-refractivity contribution >= 4 is 5.91 Å². The van der Waals surface area contributed by atoms with Gasteiger partial charge in [0.25, 0.3) is 5.91 Å². The Bertz CT molecular complexity index is 695. The van der Waals surface area contributed by atoms with E-state index >= 15 is 0 Å². The van der Waals surface area contributed by atoms with Gasteiger partial charge in [-0.25, -0.2) is 4.39 Å². The van der Waals surface area contributed by atoms with Crippen LogP contribution in [0.2, 0.25) is 0 Å². The van der Waals surface area contributed by atoms with Crippen molar-refractivity contribution in [1.82, 2.24) is 15.1 Å². The zero-order chi connectivity index (χ0) is 17.9. The van der Waals surface area contributed by atoms with Gasteiger partial charge < -0.3 is 10.4 Å². The van der Waals surface area contributed by atoms with Gasteiger partial charge in [-0.3, -0.25) is 9.48 Å². The Kier molecular flexibility index (Phi) is 5.72. The second-order valence-electron chi connectivity index (χ2n) is 6.41. The summed E-state index contributed by atoms with van der Waals surface area (Å²) < 4.78 is 14.5. The highest BCUT2D eigenvalue weighted by molar-refractivity contribution is 5.92. The lowest BCUT2D eigenvalue weighted by atomic mass is 10.0. The number of aliphatic hydroxyl groups excluding tert-OH is 1. The van der Waals surface area contributed by atoms with Gasteiger partial charge in [-0.15, -0.1) is 0 Å². The van der Waals surface area contributed by atoms with Crippen LogP contribution in [-0.2, 0) is 7.05 Å². The standard InChI is InChI=1S/C18H24FN3O2/c1-11(2)15-10-16(22(4)21-15)18(24)20-12(3)9-17(23)13-5-7-14(19)8-6-13/h5-8,10-12,17,23H,9H2,1-4H3,(H,20,24). The van der Waals surface area contributed by atoms with Crippen LogP contribution in [0.4, 0.5) is 4.39 Å². The SMILES string of the molecule is CC(CC(O)c1ccc(F)cc1)NC(=O)c1cc(C(C)C)nn1C. The Hall–Kier alpha value is -2.21. The van der Waals surface area contributed by atoms with Gasteiger partial charge in [-0.1, -0.05) is 26.0 Å². The van der Waals surface area contributed by atoms with E-state index in [9.17, 15) is 14.3 Å². The normalized spacial score (nSPS) is 13.8. The Morgan fingerprint density at radius 2 is 1.92 bits per heavy atom. The molecule has 0 spiro atoms. The van der Waals surface area contributed by atoms with Gasteiger partial charge >= 0.3 is 0 Å². The summed E-state index contributed by atoms with van der Waals surface area (Å²) in [5, 5.41) is 17.4. The number of aliphatic hydroxyl groups is 1. The number of benzene rings is 1. The van der Waals surface area contributed by atoms with E-state index < -0.39 is 6.10 Å². The lowest BCUT2D eigenvalue weighted by Crippen LogP contribution is -2.34. The van der Waals surface area contributed by atoms with Gasteiger partial charge in [0, 0.05) is 13.1 Å². The molecule has 2 rings (SSSR count). The molecule has 0 fully saturated rings. The first-order chi connectivity index (χ1) is 11.3. The largest absolute Gasteiger partial charge is 0.388 e. The van der Waals surface area contributed by atoms with Gasteiger partial charge in [0.15, 0.2) is 0 Å². The van der Waals surface area contributed by atoms with Crippen molar-refractivity contribution in [3.05, 3.63) is 53.1 Å². The summed E-state index contributed by atoms with van der Waals surface area (Å²) >= 11 is 0. The van der Waals surface area contributed by atoms with Crippen LogP contribution in [0.15, 0.2) is 30.3 Å². The molecule has 2 N–H and O–H groups in total. The molecule has 2 aromatic rings. The van der Waals surface area contributed by atoms with Gasteiger partial charge in [0.1, 0.15) is 11.5 Å². The summed E-state index contributed by atoms with van der Waals surface area (Å²) in [6.45, 7) is 5.86. The summed E-state index contributed by atoms with van der Waals surface area (Å²) in [4.78, 5) is 12.4. The molecule has 0 saturated heterocycles. The Labute approximate surface area is 141 Å². The van der Waals surface area contributed by atoms with E-state index in [1.54, 1.807) is 29.9 Å². The molecule has 130 valence electrons. The molecule has 24 heavy (non-hydrogen) atoms. The molecule has 0 aliphatic rings. The Morgan fingerprint density at radius 1 is 1.29 bits per heavy atom. The van der Waals surface area contributed by atoms with E-state index in [4.69, 9.17) is 0 Å². The van der Waals surface area contributed by atoms with E-state index in [1.807, 2.05) is 20.8 Å². The summed E-state index contributed by atoms with van der Waals surface area (Å²) in [5.41, 5.74) is 1.98. The highest BCUT2D eigenvalue weighted by Crippen LogP contribution is 2.19. The maximum Gasteiger partial charge on any atom is 0.269 e. The lowest BCUT2D eigenvalue weighted by Gasteiger charge is -2.18. The van der Waals surface area contributed by atoms with Crippen molar-refractivity contribution in [2.45, 2.75) is 45.3 Å². The van der Waals surface area contributed by atoms with Crippen molar-refractivity contribution in [2.75, 3.05) is 0 Å². The van der Waals surface area contributed by atoms with Crippen molar-refractivity contribution < 1.29 is 14.3 Å². The van der Waals surface area contributed by atoms with Gasteiger partial charge in [0.2, 0.25) is 0 Å². The average Bonchev–Trinajstić information content (AvgIpc) is 2.90. The Balaban J connectivity index is 1.97. The van der Waals surface area contributed by atoms with Crippen LogP contribution < -0.4 is 5.32 Å². The first-order valence-electron chi connectivity index (χ1n) is 8.06. The second kappa shape index (κ2) is 7.57. The minimum absolute atomic E-state index is 0.226. The van der Waals surface area contributed by atoms with E-state index in [2.05, 4.69) is 10.4 Å². The average molecular weight is 333 g/mol. The molecule has 5 nitrogen and oxygen atoms in total. The highest BCUT2D eigenvalue weighted by atomic mass is 19.1. The minimum Gasteiger partial charge on any atom is -0.388 e. The third-order valence-electron chi connectivity index (χ3n) is 3.93. The predicted octanol–water partition coefficient (Wildman–Crippen LogP) is 2.92. The molecule has 0 aliphatic heterocycles. The van der Waals surface area contributed by atoms with E-state index in [0.29, 0.717) is 17.7 Å². The van der Waals surface area contributed by atoms with Crippen molar-refractivity contribution in [2.24, 2.45) is 7.05 Å². The minimum atomic E-state index is -0.765. The summed E-state index contributed by atoms with van der Waals surface area (Å²) in [5.74, 6) is -0.323. The van der Waals surface area contributed by atoms with Gasteiger partial charge in [0.05, 0.1) is 11.8 Å². The highest BCUT2D eigenvalue weighted by Gasteiger charge is 2.19. The van der Waals surface area contributed by atoms with Crippen molar-refractivity contribution in [3.63, 3.8) is 0 Å². The molecular formula is C18H24FN3O2. The molecular weight excluding hydrogens is 309 g/mol. The number of rotatable bonds is 6. The number of nitrogens with one attached hydrogen (secondary N) is 1. The third kappa shape index (κ3) is 4.41. The number of hydrogen-bond acceptors (Lipinski definition) is 3. The molecule has 1 heterocycles. The van der Waals surface area contributed by atoms with Crippen LogP contribution in [0.3, 0.4) is 0 Å². The molecule has 2 unspecified atom stereocenters. The van der Waals surface area contributed by atoms with Crippen LogP contribution in [0, 0.1) is 5.82 Å². The van der Waals surface area contributed by atoms with E-state index in [1.165, 1.54) is 12.1 Å². The fourth-order valence-electron chi connectivity index (χ4n) is 2.50. The maximum absolute atomic E-state index is 12.9. The topological polar surface area (TPSA) is 67.2 Å². The molecule has 0 radical (unpaired) electrons. The van der Waals surface area contributed by atoms with Crippen LogP contribution >= 0.6 is 0 Å². The van der Waals surface area contributed by atoms with Gasteiger partial charge in [-0.2, -0.15) is 5.10 Å². The van der Waals surface area contributed by atoms with Crippen molar-refractivity contribution in [1.29, 1.82) is 0 Å². The summed E-state index contributed by atoms with van der Waals surface area (Å²) in [7, 11) is 1.73. The monoisotopic (exact) mass is 333 g/mol. The molecule has 6 heteroatoms. The second-order valence-corrected chi connectivity index (χ2v) is 6.41. The van der Waals surface area contributed by atoms with Crippen LogP contribution in [0.1, 0.15) is 61.0 Å². The number of aryl methyl sites for hydroxylation is 1. The number of amides is 1. The smallest absolute Gasteiger partial charge is 0.269 e. The molecule has 1 amide bonds. The van der Waals surface area contributed by atoms with Crippen molar-refractivity contribution in [3.8, 4) is 0 Å². The number of aromatic nitrogens is 2. The van der Waals surface area contributed by atoms with Crippen LogP contribution in [-0.4, -0.2) is 26.8 Å². The lowest BCUT2D eigenvalue weighted by molar-refractivity contribution is 0.0907. The third-order valence-corrected chi connectivity index (χ3v) is 3.93. The van der Waals surface area contributed by atoms with Gasteiger partial charge in [-0.05, 0) is 43.0 Å². The number of carbonyl (C=O) groups is 1. The molecule has 0 aliphatic carbocycles. The summed E-state index contributed by atoms with van der Waals surface area (Å²) in [6.07, 6.45) is -0.426. The first-order valence-corrected chi connectivity index (χ1v) is 8.06. The summed E-state index contributed by atoms with van der Waals surface area (Å²) in [6, 6.07) is 7.25. The molecule has 0 bridgehead atoms. The maximum atomic E-state index is 12.9. The quantitative estimate of drug-likeness (QED) is 0.854. The Morgan fingerprint density at radius 3 is 2.46 bits per heavy atom. The number of halogens is 1. The molecule has 1 aromatic heterocycles. The zero-order valence-electron chi connectivity index (χ0n) is 14.5. The number of carbonyl (C=O) groups excluding carboxylic acids is 1. The predicted molar refractivity (Wildman–Crippen MR) is 90.2 cm³/mol. The molecule has 2 atom stereocenters. The van der Waals surface area contributed by atoms with Crippen LogP contribution in [0.5, 0.6) is 0 Å².